The van der Waals surface area contributed by atoms with Crippen molar-refractivity contribution in [2.45, 2.75) is 26.3 Å². The van der Waals surface area contributed by atoms with Gasteiger partial charge in [0.2, 0.25) is 0 Å². The van der Waals surface area contributed by atoms with Crippen LogP contribution < -0.4 is 5.32 Å². The van der Waals surface area contributed by atoms with E-state index in [1.807, 2.05) is 36.7 Å². The monoisotopic (exact) mass is 282 g/mol. The molecule has 5 heteroatoms. The molecule has 2 rings (SSSR count). The fourth-order valence-electron chi connectivity index (χ4n) is 1.78. The lowest BCUT2D eigenvalue weighted by atomic mass is 10.1. The van der Waals surface area contributed by atoms with Crippen LogP contribution in [0.4, 0.5) is 8.78 Å². The number of nitrogens with one attached hydrogen (secondary N) is 1. The van der Waals surface area contributed by atoms with Crippen molar-refractivity contribution in [1.82, 2.24) is 10.3 Å². The van der Waals surface area contributed by atoms with Crippen molar-refractivity contribution in [3.63, 3.8) is 0 Å². The molecule has 0 fully saturated rings. The van der Waals surface area contributed by atoms with Crippen LogP contribution in [-0.4, -0.2) is 17.5 Å². The highest BCUT2D eigenvalue weighted by molar-refractivity contribution is 7.13. The van der Waals surface area contributed by atoms with Gasteiger partial charge in [-0.25, -0.2) is 13.8 Å². The molecule has 0 saturated heterocycles. The zero-order chi connectivity index (χ0) is 13.9. The Kier molecular flexibility index (Phi) is 4.27. The summed E-state index contributed by atoms with van der Waals surface area (Å²) in [6.07, 6.45) is 0. The van der Waals surface area contributed by atoms with Crippen LogP contribution >= 0.6 is 11.3 Å². The number of benzene rings is 1. The predicted octanol–water partition coefficient (Wildman–Crippen LogP) is 3.86. The van der Waals surface area contributed by atoms with Crippen molar-refractivity contribution < 1.29 is 8.78 Å². The smallest absolute Gasteiger partial charge is 0.257 e. The Hall–Kier alpha value is -1.33. The standard InChI is InChI=1S/C14H16F2N2S/c1-10-13(19-9-18-10)12-5-3-11(4-6-12)7-17-8-14(2,15)16/h3-6,9,17H,7-8H2,1-2H3. The van der Waals surface area contributed by atoms with E-state index in [2.05, 4.69) is 10.3 Å². The van der Waals surface area contributed by atoms with Gasteiger partial charge in [0.15, 0.2) is 0 Å². The van der Waals surface area contributed by atoms with Gasteiger partial charge in [0.1, 0.15) is 0 Å². The summed E-state index contributed by atoms with van der Waals surface area (Å²) in [6.45, 7) is 3.04. The van der Waals surface area contributed by atoms with Crippen molar-refractivity contribution in [2.75, 3.05) is 6.54 Å². The normalized spacial score (nSPS) is 11.8. The molecule has 1 aromatic carbocycles. The zero-order valence-corrected chi connectivity index (χ0v) is 11.7. The molecule has 0 radical (unpaired) electrons. The number of aromatic nitrogens is 1. The maximum atomic E-state index is 12.7. The van der Waals surface area contributed by atoms with E-state index in [1.165, 1.54) is 0 Å². The van der Waals surface area contributed by atoms with Gasteiger partial charge in [0.05, 0.1) is 22.6 Å². The molecule has 0 bridgehead atoms. The second-order valence-electron chi connectivity index (χ2n) is 4.64. The first kappa shape index (κ1) is 14.1. The minimum absolute atomic E-state index is 0.303. The molecule has 0 aliphatic heterocycles. The van der Waals surface area contributed by atoms with Gasteiger partial charge < -0.3 is 5.32 Å². The minimum Gasteiger partial charge on any atom is -0.307 e. The topological polar surface area (TPSA) is 24.9 Å². The van der Waals surface area contributed by atoms with Gasteiger partial charge in [-0.05, 0) is 18.1 Å². The Balaban J connectivity index is 1.98. The van der Waals surface area contributed by atoms with Crippen LogP contribution in [0.15, 0.2) is 29.8 Å². The van der Waals surface area contributed by atoms with Crippen molar-refractivity contribution in [3.8, 4) is 10.4 Å². The highest BCUT2D eigenvalue weighted by Gasteiger charge is 2.19. The Morgan fingerprint density at radius 2 is 1.95 bits per heavy atom. The first-order chi connectivity index (χ1) is 8.96. The molecule has 2 aromatic rings. The molecule has 1 heterocycles. The second-order valence-corrected chi connectivity index (χ2v) is 5.49. The summed E-state index contributed by atoms with van der Waals surface area (Å²) < 4.78 is 25.3. The summed E-state index contributed by atoms with van der Waals surface area (Å²) in [7, 11) is 0. The molecule has 0 unspecified atom stereocenters. The largest absolute Gasteiger partial charge is 0.307 e. The maximum Gasteiger partial charge on any atom is 0.257 e. The summed E-state index contributed by atoms with van der Waals surface area (Å²) in [5.74, 6) is -2.67. The highest BCUT2D eigenvalue weighted by atomic mass is 32.1. The Morgan fingerprint density at radius 1 is 1.26 bits per heavy atom. The minimum atomic E-state index is -2.67. The van der Waals surface area contributed by atoms with Gasteiger partial charge in [0, 0.05) is 13.5 Å². The van der Waals surface area contributed by atoms with Crippen LogP contribution in [0.2, 0.25) is 0 Å². The van der Waals surface area contributed by atoms with Crippen LogP contribution in [0, 0.1) is 6.92 Å². The number of halogens is 2. The highest BCUT2D eigenvalue weighted by Crippen LogP contribution is 2.27. The van der Waals surface area contributed by atoms with Crippen LogP contribution in [0.5, 0.6) is 0 Å². The van der Waals surface area contributed by atoms with Crippen molar-refractivity contribution >= 4 is 11.3 Å². The lowest BCUT2D eigenvalue weighted by Gasteiger charge is -2.11. The van der Waals surface area contributed by atoms with Crippen LogP contribution in [0.25, 0.3) is 10.4 Å². The maximum absolute atomic E-state index is 12.7. The van der Waals surface area contributed by atoms with Crippen LogP contribution in [-0.2, 0) is 6.54 Å². The van der Waals surface area contributed by atoms with Crippen LogP contribution in [0.3, 0.4) is 0 Å². The molecule has 19 heavy (non-hydrogen) atoms. The van der Waals surface area contributed by atoms with E-state index in [1.54, 1.807) is 11.3 Å². The summed E-state index contributed by atoms with van der Waals surface area (Å²) >= 11 is 1.60. The fourth-order valence-corrected chi connectivity index (χ4v) is 2.59. The molecule has 0 aliphatic carbocycles. The average Bonchev–Trinajstić information content (AvgIpc) is 2.75. The SMILES string of the molecule is Cc1ncsc1-c1ccc(CNCC(C)(F)F)cc1. The van der Waals surface area contributed by atoms with E-state index < -0.39 is 5.92 Å². The summed E-state index contributed by atoms with van der Waals surface area (Å²) in [4.78, 5) is 5.37. The third-order valence-corrected chi connectivity index (χ3v) is 3.70. The Morgan fingerprint density at radius 3 is 2.47 bits per heavy atom. The number of aryl methyl sites for hydroxylation is 1. The number of thiazole rings is 1. The van der Waals surface area contributed by atoms with E-state index in [4.69, 9.17) is 0 Å². The Labute approximate surface area is 115 Å². The lowest BCUT2D eigenvalue weighted by Crippen LogP contribution is -2.29. The molecule has 0 spiro atoms. The predicted molar refractivity (Wildman–Crippen MR) is 74.6 cm³/mol. The number of hydrogen-bond acceptors (Lipinski definition) is 3. The van der Waals surface area contributed by atoms with E-state index >= 15 is 0 Å². The Bertz CT molecular complexity index is 529. The van der Waals surface area contributed by atoms with Crippen molar-refractivity contribution in [1.29, 1.82) is 0 Å². The third kappa shape index (κ3) is 4.08. The third-order valence-electron chi connectivity index (χ3n) is 2.73. The van der Waals surface area contributed by atoms with Gasteiger partial charge in [-0.2, -0.15) is 0 Å². The van der Waals surface area contributed by atoms with E-state index in [9.17, 15) is 8.78 Å². The number of rotatable bonds is 5. The molecular weight excluding hydrogens is 266 g/mol. The summed E-state index contributed by atoms with van der Waals surface area (Å²) in [6, 6.07) is 7.91. The molecule has 0 amide bonds. The van der Waals surface area contributed by atoms with E-state index in [0.29, 0.717) is 6.54 Å². The van der Waals surface area contributed by atoms with E-state index in [0.717, 1.165) is 28.6 Å². The molecule has 0 saturated carbocycles. The molecule has 102 valence electrons. The van der Waals surface area contributed by atoms with Crippen LogP contribution in [0.1, 0.15) is 18.2 Å². The van der Waals surface area contributed by atoms with Crippen molar-refractivity contribution in [2.24, 2.45) is 0 Å². The zero-order valence-electron chi connectivity index (χ0n) is 10.9. The number of nitrogens with zero attached hydrogens (tertiary/aromatic N) is 1. The second kappa shape index (κ2) is 5.75. The van der Waals surface area contributed by atoms with Gasteiger partial charge in [-0.3, -0.25) is 0 Å². The van der Waals surface area contributed by atoms with Gasteiger partial charge >= 0.3 is 0 Å². The lowest BCUT2D eigenvalue weighted by molar-refractivity contribution is 0.0224. The quantitative estimate of drug-likeness (QED) is 0.900. The first-order valence-electron chi connectivity index (χ1n) is 6.04. The first-order valence-corrected chi connectivity index (χ1v) is 6.91. The number of alkyl halides is 2. The molecule has 2 nitrogen and oxygen atoms in total. The summed E-state index contributed by atoms with van der Waals surface area (Å²) in [5.41, 5.74) is 4.95. The van der Waals surface area contributed by atoms with Crippen molar-refractivity contribution in [3.05, 3.63) is 41.0 Å². The average molecular weight is 282 g/mol. The molecule has 1 N–H and O–H groups in total. The van der Waals surface area contributed by atoms with Gasteiger partial charge in [0.25, 0.3) is 5.92 Å². The molecular formula is C14H16F2N2S. The van der Waals surface area contributed by atoms with Gasteiger partial charge in [-0.1, -0.05) is 24.3 Å². The number of hydrogen-bond donors (Lipinski definition) is 1. The summed E-state index contributed by atoms with van der Waals surface area (Å²) in [5, 5.41) is 2.75. The molecule has 0 atom stereocenters. The molecule has 1 aromatic heterocycles. The fraction of sp³-hybridized carbons (Fsp3) is 0.357. The van der Waals surface area contributed by atoms with Gasteiger partial charge in [-0.15, -0.1) is 11.3 Å². The van der Waals surface area contributed by atoms with E-state index in [-0.39, 0.29) is 6.54 Å². The molecule has 0 aliphatic rings.